The number of hydrogen-bond acceptors (Lipinski definition) is 5. The summed E-state index contributed by atoms with van der Waals surface area (Å²) in [5.74, 6) is 0.0418. The van der Waals surface area contributed by atoms with Crippen LogP contribution in [0.5, 0.6) is 0 Å². The summed E-state index contributed by atoms with van der Waals surface area (Å²) in [4.78, 5) is 6.56. The fraction of sp³-hybridized carbons (Fsp3) is 0.571. The molecule has 0 bridgehead atoms. The molecule has 4 N–H and O–H groups in total. The Kier molecular flexibility index (Phi) is 5.76. The topological polar surface area (TPSA) is 86.8 Å². The molecule has 1 saturated heterocycles. The van der Waals surface area contributed by atoms with Crippen molar-refractivity contribution in [3.63, 3.8) is 0 Å². The summed E-state index contributed by atoms with van der Waals surface area (Å²) in [5.41, 5.74) is 7.11. The maximum Gasteiger partial charge on any atom is 0.188 e. The standard InChI is InChI=1S/C14H23N5O/c15-14(18-20)13-10-12(4-5-17-13)11-16-6-9-19-7-2-1-3-8-19/h4-5,10,16,20H,1-3,6-9,11H2,(H2,15,18). The highest BCUT2D eigenvalue weighted by Gasteiger charge is 2.08. The Morgan fingerprint density at radius 3 is 2.95 bits per heavy atom. The van der Waals surface area contributed by atoms with Crippen LogP contribution in [-0.2, 0) is 6.54 Å². The van der Waals surface area contributed by atoms with Gasteiger partial charge in [-0.3, -0.25) is 4.98 Å². The van der Waals surface area contributed by atoms with Gasteiger partial charge in [0.05, 0.1) is 0 Å². The lowest BCUT2D eigenvalue weighted by molar-refractivity contribution is 0.229. The van der Waals surface area contributed by atoms with Crippen LogP contribution >= 0.6 is 0 Å². The van der Waals surface area contributed by atoms with Crippen molar-refractivity contribution in [3.05, 3.63) is 29.6 Å². The quantitative estimate of drug-likeness (QED) is 0.235. The predicted octanol–water partition coefficient (Wildman–Crippen LogP) is 0.752. The summed E-state index contributed by atoms with van der Waals surface area (Å²) >= 11 is 0. The molecule has 6 nitrogen and oxygen atoms in total. The number of likely N-dealkylation sites (tertiary alicyclic amines) is 1. The number of pyridine rings is 1. The molecule has 0 atom stereocenters. The van der Waals surface area contributed by atoms with Crippen molar-refractivity contribution in [1.29, 1.82) is 0 Å². The van der Waals surface area contributed by atoms with E-state index in [1.165, 1.54) is 32.4 Å². The first kappa shape index (κ1) is 14.7. The van der Waals surface area contributed by atoms with Gasteiger partial charge in [-0.2, -0.15) is 0 Å². The lowest BCUT2D eigenvalue weighted by atomic mass is 10.1. The maximum absolute atomic E-state index is 8.64. The monoisotopic (exact) mass is 277 g/mol. The molecule has 110 valence electrons. The van der Waals surface area contributed by atoms with Gasteiger partial charge in [-0.15, -0.1) is 0 Å². The second kappa shape index (κ2) is 7.81. The molecule has 0 saturated carbocycles. The van der Waals surface area contributed by atoms with Crippen molar-refractivity contribution in [1.82, 2.24) is 15.2 Å². The van der Waals surface area contributed by atoms with Crippen molar-refractivity contribution in [2.24, 2.45) is 10.9 Å². The lowest BCUT2D eigenvalue weighted by Gasteiger charge is -2.26. The summed E-state index contributed by atoms with van der Waals surface area (Å²) in [7, 11) is 0. The van der Waals surface area contributed by atoms with Crippen molar-refractivity contribution >= 4 is 5.84 Å². The van der Waals surface area contributed by atoms with E-state index in [9.17, 15) is 0 Å². The lowest BCUT2D eigenvalue weighted by Crippen LogP contribution is -2.35. The van der Waals surface area contributed by atoms with E-state index in [2.05, 4.69) is 20.4 Å². The minimum Gasteiger partial charge on any atom is -0.409 e. The molecule has 1 aliphatic rings. The van der Waals surface area contributed by atoms with E-state index in [1.54, 1.807) is 6.20 Å². The van der Waals surface area contributed by atoms with Crippen molar-refractivity contribution in [2.75, 3.05) is 26.2 Å². The molecule has 2 heterocycles. The molecule has 1 aliphatic heterocycles. The van der Waals surface area contributed by atoms with E-state index in [-0.39, 0.29) is 5.84 Å². The third-order valence-corrected chi connectivity index (χ3v) is 3.58. The molecule has 0 aliphatic carbocycles. The minimum atomic E-state index is 0.0418. The fourth-order valence-corrected chi connectivity index (χ4v) is 2.43. The second-order valence-corrected chi connectivity index (χ2v) is 5.11. The van der Waals surface area contributed by atoms with Gasteiger partial charge < -0.3 is 21.2 Å². The predicted molar refractivity (Wildman–Crippen MR) is 78.7 cm³/mol. The third-order valence-electron chi connectivity index (χ3n) is 3.58. The number of nitrogens with two attached hydrogens (primary N) is 1. The first-order chi connectivity index (χ1) is 9.79. The van der Waals surface area contributed by atoms with Gasteiger partial charge in [0, 0.05) is 25.8 Å². The first-order valence-electron chi connectivity index (χ1n) is 7.15. The molecular weight excluding hydrogens is 254 g/mol. The van der Waals surface area contributed by atoms with Crippen molar-refractivity contribution in [3.8, 4) is 0 Å². The van der Waals surface area contributed by atoms with E-state index in [0.29, 0.717) is 5.69 Å². The Hall–Kier alpha value is -1.66. The Morgan fingerprint density at radius 1 is 1.40 bits per heavy atom. The number of rotatable bonds is 6. The van der Waals surface area contributed by atoms with E-state index in [1.807, 2.05) is 12.1 Å². The highest BCUT2D eigenvalue weighted by molar-refractivity contribution is 5.95. The molecule has 2 rings (SSSR count). The number of nitrogens with one attached hydrogen (secondary N) is 1. The number of hydrogen-bond donors (Lipinski definition) is 3. The van der Waals surface area contributed by atoms with E-state index in [4.69, 9.17) is 10.9 Å². The fourth-order valence-electron chi connectivity index (χ4n) is 2.43. The van der Waals surface area contributed by atoms with Crippen LogP contribution in [-0.4, -0.2) is 47.1 Å². The van der Waals surface area contributed by atoms with Gasteiger partial charge in [0.15, 0.2) is 5.84 Å². The van der Waals surface area contributed by atoms with Crippen LogP contribution in [0.3, 0.4) is 0 Å². The SMILES string of the molecule is NC(=NO)c1cc(CNCCN2CCCCC2)ccn1. The molecule has 20 heavy (non-hydrogen) atoms. The summed E-state index contributed by atoms with van der Waals surface area (Å²) in [5, 5.41) is 15.0. The van der Waals surface area contributed by atoms with Crippen LogP contribution in [0.2, 0.25) is 0 Å². The summed E-state index contributed by atoms with van der Waals surface area (Å²) in [6.07, 6.45) is 5.70. The van der Waals surface area contributed by atoms with Gasteiger partial charge in [0.2, 0.25) is 0 Å². The zero-order valence-corrected chi connectivity index (χ0v) is 11.8. The molecule has 0 radical (unpaired) electrons. The van der Waals surface area contributed by atoms with Gasteiger partial charge in [-0.1, -0.05) is 11.6 Å². The zero-order chi connectivity index (χ0) is 14.2. The largest absolute Gasteiger partial charge is 0.409 e. The van der Waals surface area contributed by atoms with E-state index >= 15 is 0 Å². The molecule has 1 aromatic rings. The van der Waals surface area contributed by atoms with Gasteiger partial charge in [0.1, 0.15) is 5.69 Å². The van der Waals surface area contributed by atoms with Crippen LogP contribution in [0, 0.1) is 0 Å². The molecule has 0 unspecified atom stereocenters. The summed E-state index contributed by atoms with van der Waals surface area (Å²) < 4.78 is 0. The van der Waals surface area contributed by atoms with Crippen LogP contribution in [0.15, 0.2) is 23.5 Å². The molecule has 1 aromatic heterocycles. The maximum atomic E-state index is 8.64. The Labute approximate surface area is 119 Å². The van der Waals surface area contributed by atoms with Crippen LogP contribution in [0.1, 0.15) is 30.5 Å². The Bertz CT molecular complexity index is 443. The van der Waals surface area contributed by atoms with Crippen LogP contribution in [0.4, 0.5) is 0 Å². The number of aromatic nitrogens is 1. The second-order valence-electron chi connectivity index (χ2n) is 5.11. The Morgan fingerprint density at radius 2 is 2.20 bits per heavy atom. The molecule has 6 heteroatoms. The van der Waals surface area contributed by atoms with E-state index in [0.717, 1.165) is 25.2 Å². The molecule has 1 fully saturated rings. The molecule has 0 spiro atoms. The average Bonchev–Trinajstić information content (AvgIpc) is 2.52. The number of amidine groups is 1. The van der Waals surface area contributed by atoms with Crippen LogP contribution in [0.25, 0.3) is 0 Å². The number of piperidine rings is 1. The van der Waals surface area contributed by atoms with Gasteiger partial charge in [0.25, 0.3) is 0 Å². The molecule has 0 amide bonds. The van der Waals surface area contributed by atoms with Gasteiger partial charge in [-0.05, 0) is 43.6 Å². The van der Waals surface area contributed by atoms with Crippen molar-refractivity contribution in [2.45, 2.75) is 25.8 Å². The highest BCUT2D eigenvalue weighted by atomic mass is 16.4. The zero-order valence-electron chi connectivity index (χ0n) is 11.8. The van der Waals surface area contributed by atoms with Crippen LogP contribution < -0.4 is 11.1 Å². The Balaban J connectivity index is 1.73. The number of nitrogens with zero attached hydrogens (tertiary/aromatic N) is 3. The first-order valence-corrected chi connectivity index (χ1v) is 7.15. The van der Waals surface area contributed by atoms with Gasteiger partial charge >= 0.3 is 0 Å². The van der Waals surface area contributed by atoms with Crippen molar-refractivity contribution < 1.29 is 5.21 Å². The third kappa shape index (κ3) is 4.47. The normalized spacial score (nSPS) is 17.3. The minimum absolute atomic E-state index is 0.0418. The van der Waals surface area contributed by atoms with Gasteiger partial charge in [-0.25, -0.2) is 0 Å². The summed E-state index contributed by atoms with van der Waals surface area (Å²) in [6.45, 7) is 5.29. The number of oxime groups is 1. The summed E-state index contributed by atoms with van der Waals surface area (Å²) in [6, 6.07) is 3.77. The average molecular weight is 277 g/mol. The highest BCUT2D eigenvalue weighted by Crippen LogP contribution is 2.07. The molecular formula is C14H23N5O. The smallest absolute Gasteiger partial charge is 0.188 e. The molecule has 0 aromatic carbocycles. The van der Waals surface area contributed by atoms with E-state index < -0.39 is 0 Å².